The van der Waals surface area contributed by atoms with Crippen LogP contribution in [-0.2, 0) is 18.0 Å². The number of nitrogens with zero attached hydrogens (tertiary/aromatic N) is 1. The highest BCUT2D eigenvalue weighted by molar-refractivity contribution is 7.18. The molecule has 0 radical (unpaired) electrons. The Morgan fingerprint density at radius 1 is 1.15 bits per heavy atom. The van der Waals surface area contributed by atoms with E-state index < -0.39 is 5.82 Å². The van der Waals surface area contributed by atoms with Crippen LogP contribution in [0.4, 0.5) is 4.39 Å². The lowest BCUT2D eigenvalue weighted by Crippen LogP contribution is -1.93. The highest BCUT2D eigenvalue weighted by Gasteiger charge is 2.10. The molecule has 0 aliphatic rings. The van der Waals surface area contributed by atoms with Gasteiger partial charge in [-0.05, 0) is 5.56 Å². The van der Waals surface area contributed by atoms with E-state index in [2.05, 4.69) is 4.98 Å². The van der Waals surface area contributed by atoms with Crippen molar-refractivity contribution in [3.63, 3.8) is 0 Å². The molecule has 20 heavy (non-hydrogen) atoms. The molecule has 0 saturated heterocycles. The fraction of sp³-hybridized carbons (Fsp3) is 0.133. The van der Waals surface area contributed by atoms with Crippen molar-refractivity contribution in [2.75, 3.05) is 0 Å². The monoisotopic (exact) mass is 289 g/mol. The summed E-state index contributed by atoms with van der Waals surface area (Å²) in [6.45, 7) is 0.840. The summed E-state index contributed by atoms with van der Waals surface area (Å²) in [4.78, 5) is 4.26. The average molecular weight is 289 g/mol. The van der Waals surface area contributed by atoms with E-state index in [1.54, 1.807) is 0 Å². The number of phenolic OH excluding ortho intramolecular Hbond substituents is 1. The fourth-order valence-corrected chi connectivity index (χ4v) is 2.81. The molecule has 3 rings (SSSR count). The Hall–Kier alpha value is -1.98. The van der Waals surface area contributed by atoms with Crippen LogP contribution in [0.1, 0.15) is 10.6 Å². The van der Waals surface area contributed by atoms with Crippen molar-refractivity contribution in [3.05, 3.63) is 58.9 Å². The molecule has 0 saturated carbocycles. The number of aromatic nitrogens is 1. The molecule has 3 nitrogen and oxygen atoms in total. The van der Waals surface area contributed by atoms with Crippen LogP contribution in [0, 0.1) is 5.82 Å². The topological polar surface area (TPSA) is 42.4 Å². The van der Waals surface area contributed by atoms with Crippen LogP contribution in [0.2, 0.25) is 0 Å². The predicted molar refractivity (Wildman–Crippen MR) is 76.2 cm³/mol. The van der Waals surface area contributed by atoms with E-state index in [4.69, 9.17) is 4.74 Å². The Morgan fingerprint density at radius 3 is 2.75 bits per heavy atom. The number of fused-ring (bicyclic) bond motifs is 1. The summed E-state index contributed by atoms with van der Waals surface area (Å²) in [5.74, 6) is -0.566. The highest BCUT2D eigenvalue weighted by Crippen LogP contribution is 2.31. The number of halogens is 1. The standard InChI is InChI=1S/C15H12FNO2S/c16-11-6-12-15(13(18)7-11)20-14(17-12)9-19-8-10-4-2-1-3-5-10/h1-7,18H,8-9H2. The number of thiazole rings is 1. The van der Waals surface area contributed by atoms with Gasteiger partial charge in [-0.1, -0.05) is 30.3 Å². The summed E-state index contributed by atoms with van der Waals surface area (Å²) < 4.78 is 19.3. The first kappa shape index (κ1) is 13.0. The SMILES string of the molecule is Oc1cc(F)cc2nc(COCc3ccccc3)sc12. The van der Waals surface area contributed by atoms with E-state index in [0.717, 1.165) is 16.6 Å². The van der Waals surface area contributed by atoms with Crippen molar-refractivity contribution in [3.8, 4) is 5.75 Å². The lowest BCUT2D eigenvalue weighted by molar-refractivity contribution is 0.107. The maximum atomic E-state index is 13.2. The second kappa shape index (κ2) is 5.56. The average Bonchev–Trinajstić information content (AvgIpc) is 2.83. The Morgan fingerprint density at radius 2 is 1.95 bits per heavy atom. The zero-order valence-electron chi connectivity index (χ0n) is 10.5. The van der Waals surface area contributed by atoms with Gasteiger partial charge in [0.1, 0.15) is 16.6 Å². The van der Waals surface area contributed by atoms with E-state index >= 15 is 0 Å². The van der Waals surface area contributed by atoms with Gasteiger partial charge >= 0.3 is 0 Å². The van der Waals surface area contributed by atoms with Crippen LogP contribution < -0.4 is 0 Å². The molecule has 2 aromatic carbocycles. The summed E-state index contributed by atoms with van der Waals surface area (Å²) in [6.07, 6.45) is 0. The van der Waals surface area contributed by atoms with Gasteiger partial charge in [-0.25, -0.2) is 9.37 Å². The highest BCUT2D eigenvalue weighted by atomic mass is 32.1. The minimum absolute atomic E-state index is 0.0770. The van der Waals surface area contributed by atoms with Crippen molar-refractivity contribution in [1.82, 2.24) is 4.98 Å². The molecule has 0 aliphatic heterocycles. The molecule has 5 heteroatoms. The maximum Gasteiger partial charge on any atom is 0.137 e. The molecule has 0 atom stereocenters. The van der Waals surface area contributed by atoms with Crippen molar-refractivity contribution in [1.29, 1.82) is 0 Å². The first-order valence-corrected chi connectivity index (χ1v) is 6.93. The van der Waals surface area contributed by atoms with Gasteiger partial charge in [0.2, 0.25) is 0 Å². The van der Waals surface area contributed by atoms with Crippen molar-refractivity contribution < 1.29 is 14.2 Å². The summed E-state index contributed by atoms with van der Waals surface area (Å²) >= 11 is 1.31. The van der Waals surface area contributed by atoms with E-state index in [1.165, 1.54) is 17.4 Å². The quantitative estimate of drug-likeness (QED) is 0.793. The van der Waals surface area contributed by atoms with Gasteiger partial charge in [-0.2, -0.15) is 0 Å². The minimum atomic E-state index is -0.489. The molecule has 0 unspecified atom stereocenters. The van der Waals surface area contributed by atoms with E-state index in [9.17, 15) is 9.50 Å². The van der Waals surface area contributed by atoms with Crippen molar-refractivity contribution in [2.45, 2.75) is 13.2 Å². The zero-order chi connectivity index (χ0) is 13.9. The Labute approximate surface area is 119 Å². The molecular formula is C15H12FNO2S. The number of aromatic hydroxyl groups is 1. The van der Waals surface area contributed by atoms with Gasteiger partial charge < -0.3 is 9.84 Å². The van der Waals surface area contributed by atoms with E-state index in [1.807, 2.05) is 30.3 Å². The molecule has 0 aliphatic carbocycles. The molecule has 0 spiro atoms. The number of hydrogen-bond donors (Lipinski definition) is 1. The summed E-state index contributed by atoms with van der Waals surface area (Å²) in [6, 6.07) is 12.2. The molecule has 0 bridgehead atoms. The smallest absolute Gasteiger partial charge is 0.137 e. The first-order valence-electron chi connectivity index (χ1n) is 6.12. The summed E-state index contributed by atoms with van der Waals surface area (Å²) in [5, 5.41) is 10.4. The predicted octanol–water partition coefficient (Wildman–Crippen LogP) is 3.86. The Kier molecular flexibility index (Phi) is 3.62. The van der Waals surface area contributed by atoms with Gasteiger partial charge in [0.15, 0.2) is 0 Å². The minimum Gasteiger partial charge on any atom is -0.506 e. The number of rotatable bonds is 4. The lowest BCUT2D eigenvalue weighted by atomic mass is 10.2. The van der Waals surface area contributed by atoms with Crippen molar-refractivity contribution in [2.24, 2.45) is 0 Å². The zero-order valence-corrected chi connectivity index (χ0v) is 11.4. The molecule has 1 N–H and O–H groups in total. The first-order chi connectivity index (χ1) is 9.72. The molecule has 102 valence electrons. The maximum absolute atomic E-state index is 13.2. The van der Waals surface area contributed by atoms with E-state index in [0.29, 0.717) is 23.4 Å². The van der Waals surface area contributed by atoms with Crippen LogP contribution in [0.3, 0.4) is 0 Å². The Bertz CT molecular complexity index is 727. The Balaban J connectivity index is 1.70. The third-order valence-corrected chi connectivity index (χ3v) is 3.88. The third kappa shape index (κ3) is 2.79. The van der Waals surface area contributed by atoms with Crippen LogP contribution >= 0.6 is 11.3 Å². The largest absolute Gasteiger partial charge is 0.506 e. The van der Waals surface area contributed by atoms with Crippen LogP contribution in [0.5, 0.6) is 5.75 Å². The third-order valence-electron chi connectivity index (χ3n) is 2.82. The van der Waals surface area contributed by atoms with Gasteiger partial charge in [0.25, 0.3) is 0 Å². The summed E-state index contributed by atoms with van der Waals surface area (Å²) in [5.41, 5.74) is 1.55. The summed E-state index contributed by atoms with van der Waals surface area (Å²) in [7, 11) is 0. The number of benzene rings is 2. The second-order valence-electron chi connectivity index (χ2n) is 4.36. The van der Waals surface area contributed by atoms with Crippen LogP contribution in [0.15, 0.2) is 42.5 Å². The van der Waals surface area contributed by atoms with Crippen molar-refractivity contribution >= 4 is 21.6 Å². The number of ether oxygens (including phenoxy) is 1. The van der Waals surface area contributed by atoms with E-state index in [-0.39, 0.29) is 5.75 Å². The van der Waals surface area contributed by atoms with Gasteiger partial charge in [-0.3, -0.25) is 0 Å². The molecule has 0 fully saturated rings. The number of phenols is 1. The normalized spacial score (nSPS) is 11.1. The molecular weight excluding hydrogens is 277 g/mol. The molecule has 3 aromatic rings. The molecule has 1 aromatic heterocycles. The molecule has 1 heterocycles. The van der Waals surface area contributed by atoms with Gasteiger partial charge in [0, 0.05) is 12.1 Å². The van der Waals surface area contributed by atoms with Crippen LogP contribution in [0.25, 0.3) is 10.2 Å². The lowest BCUT2D eigenvalue weighted by Gasteiger charge is -2.01. The molecule has 0 amide bonds. The van der Waals surface area contributed by atoms with Gasteiger partial charge in [0.05, 0.1) is 23.4 Å². The number of hydrogen-bond acceptors (Lipinski definition) is 4. The fourth-order valence-electron chi connectivity index (χ4n) is 1.92. The van der Waals surface area contributed by atoms with Gasteiger partial charge in [-0.15, -0.1) is 11.3 Å². The second-order valence-corrected chi connectivity index (χ2v) is 5.44. The van der Waals surface area contributed by atoms with Crippen LogP contribution in [-0.4, -0.2) is 10.1 Å².